The van der Waals surface area contributed by atoms with Gasteiger partial charge in [-0.2, -0.15) is 0 Å². The minimum absolute atomic E-state index is 0.0203. The van der Waals surface area contributed by atoms with Crippen LogP contribution in [0.4, 0.5) is 5.69 Å². The molecular formula is C20H29N3O4. The van der Waals surface area contributed by atoms with Gasteiger partial charge in [-0.25, -0.2) is 0 Å². The number of anilines is 1. The van der Waals surface area contributed by atoms with Crippen molar-refractivity contribution >= 4 is 17.5 Å². The Kier molecular flexibility index (Phi) is 6.34. The molecule has 7 nitrogen and oxygen atoms in total. The SMILES string of the molecule is CC(C)CN1CCOC(CNC(=O)CN2C(=O)C(C)Oc3ccccc32)C1. The lowest BCUT2D eigenvalue weighted by molar-refractivity contribution is -0.128. The van der Waals surface area contributed by atoms with Gasteiger partial charge in [0.1, 0.15) is 12.3 Å². The van der Waals surface area contributed by atoms with E-state index in [2.05, 4.69) is 24.1 Å². The van der Waals surface area contributed by atoms with Gasteiger partial charge in [0.25, 0.3) is 5.91 Å². The number of fused-ring (bicyclic) bond motifs is 1. The predicted octanol–water partition coefficient (Wildman–Crippen LogP) is 1.27. The molecule has 1 aromatic rings. The van der Waals surface area contributed by atoms with Crippen LogP contribution in [0.5, 0.6) is 5.75 Å². The Morgan fingerprint density at radius 3 is 2.89 bits per heavy atom. The van der Waals surface area contributed by atoms with Crippen LogP contribution in [-0.4, -0.2) is 68.3 Å². The molecule has 3 rings (SSSR count). The molecule has 2 aliphatic heterocycles. The van der Waals surface area contributed by atoms with E-state index in [9.17, 15) is 9.59 Å². The summed E-state index contributed by atoms with van der Waals surface area (Å²) in [7, 11) is 0. The lowest BCUT2D eigenvalue weighted by Crippen LogP contribution is -2.51. The largest absolute Gasteiger partial charge is 0.479 e. The van der Waals surface area contributed by atoms with E-state index in [1.54, 1.807) is 13.0 Å². The van der Waals surface area contributed by atoms with E-state index in [1.807, 2.05) is 18.2 Å². The summed E-state index contributed by atoms with van der Waals surface area (Å²) in [5.41, 5.74) is 0.632. The van der Waals surface area contributed by atoms with Crippen molar-refractivity contribution in [3.8, 4) is 5.75 Å². The first-order valence-corrected chi connectivity index (χ1v) is 9.61. The van der Waals surface area contributed by atoms with E-state index in [-0.39, 0.29) is 24.5 Å². The molecule has 1 fully saturated rings. The number of morpholine rings is 1. The van der Waals surface area contributed by atoms with Crippen LogP contribution >= 0.6 is 0 Å². The molecule has 0 aromatic heterocycles. The van der Waals surface area contributed by atoms with Crippen LogP contribution in [0.2, 0.25) is 0 Å². The number of nitrogens with one attached hydrogen (secondary N) is 1. The number of rotatable bonds is 6. The first-order valence-electron chi connectivity index (χ1n) is 9.61. The summed E-state index contributed by atoms with van der Waals surface area (Å²) in [6.45, 7) is 9.98. The highest BCUT2D eigenvalue weighted by molar-refractivity contribution is 6.03. The fraction of sp³-hybridized carbons (Fsp3) is 0.600. The van der Waals surface area contributed by atoms with Gasteiger partial charge in [-0.1, -0.05) is 26.0 Å². The molecule has 2 atom stereocenters. The van der Waals surface area contributed by atoms with Crippen molar-refractivity contribution in [2.45, 2.75) is 33.0 Å². The van der Waals surface area contributed by atoms with Crippen LogP contribution in [0.1, 0.15) is 20.8 Å². The zero-order valence-electron chi connectivity index (χ0n) is 16.3. The standard InChI is InChI=1S/C20H29N3O4/c1-14(2)11-22-8-9-26-16(12-22)10-21-19(24)13-23-17-6-4-5-7-18(17)27-15(3)20(23)25/h4-7,14-16H,8-13H2,1-3H3,(H,21,24). The van der Waals surface area contributed by atoms with Gasteiger partial charge in [-0.15, -0.1) is 0 Å². The monoisotopic (exact) mass is 375 g/mol. The Morgan fingerprint density at radius 1 is 1.33 bits per heavy atom. The van der Waals surface area contributed by atoms with Gasteiger partial charge < -0.3 is 14.8 Å². The third-order valence-electron chi connectivity index (χ3n) is 4.75. The second kappa shape index (κ2) is 8.71. The molecule has 148 valence electrons. The molecule has 7 heteroatoms. The molecule has 1 saturated heterocycles. The zero-order chi connectivity index (χ0) is 19.4. The number of para-hydroxylation sites is 2. The van der Waals surface area contributed by atoms with E-state index < -0.39 is 6.10 Å². The Bertz CT molecular complexity index is 679. The number of benzene rings is 1. The summed E-state index contributed by atoms with van der Waals surface area (Å²) in [6, 6.07) is 7.28. The lowest BCUT2D eigenvalue weighted by Gasteiger charge is -2.34. The minimum atomic E-state index is -0.598. The molecule has 1 N–H and O–H groups in total. The molecule has 2 heterocycles. The predicted molar refractivity (Wildman–Crippen MR) is 103 cm³/mol. The van der Waals surface area contributed by atoms with E-state index >= 15 is 0 Å². The Morgan fingerprint density at radius 2 is 2.11 bits per heavy atom. The first kappa shape index (κ1) is 19.6. The van der Waals surface area contributed by atoms with Crippen molar-refractivity contribution in [3.05, 3.63) is 24.3 Å². The fourth-order valence-electron chi connectivity index (χ4n) is 3.54. The van der Waals surface area contributed by atoms with Crippen molar-refractivity contribution in [2.75, 3.05) is 44.2 Å². The van der Waals surface area contributed by atoms with Crippen LogP contribution in [-0.2, 0) is 14.3 Å². The molecule has 27 heavy (non-hydrogen) atoms. The van der Waals surface area contributed by atoms with Crippen LogP contribution in [0.25, 0.3) is 0 Å². The highest BCUT2D eigenvalue weighted by Crippen LogP contribution is 2.33. The number of carbonyl (C=O) groups excluding carboxylic acids is 2. The normalized spacial score (nSPS) is 23.1. The maximum atomic E-state index is 12.5. The molecule has 0 spiro atoms. The summed E-state index contributed by atoms with van der Waals surface area (Å²) in [5, 5.41) is 2.91. The highest BCUT2D eigenvalue weighted by Gasteiger charge is 2.32. The fourth-order valence-corrected chi connectivity index (χ4v) is 3.54. The highest BCUT2D eigenvalue weighted by atomic mass is 16.5. The maximum absolute atomic E-state index is 12.5. The lowest BCUT2D eigenvalue weighted by atomic mass is 10.1. The van der Waals surface area contributed by atoms with Gasteiger partial charge in [-0.05, 0) is 25.0 Å². The average Bonchev–Trinajstić information content (AvgIpc) is 2.63. The van der Waals surface area contributed by atoms with Crippen LogP contribution in [0, 0.1) is 5.92 Å². The topological polar surface area (TPSA) is 71.1 Å². The number of nitrogens with zero attached hydrogens (tertiary/aromatic N) is 2. The van der Waals surface area contributed by atoms with E-state index in [1.165, 1.54) is 4.90 Å². The number of hydrogen-bond acceptors (Lipinski definition) is 5. The maximum Gasteiger partial charge on any atom is 0.268 e. The molecule has 2 unspecified atom stereocenters. The third-order valence-corrected chi connectivity index (χ3v) is 4.75. The zero-order valence-corrected chi connectivity index (χ0v) is 16.3. The van der Waals surface area contributed by atoms with E-state index in [0.29, 0.717) is 30.5 Å². The van der Waals surface area contributed by atoms with Gasteiger partial charge in [0.15, 0.2) is 6.10 Å². The second-order valence-electron chi connectivity index (χ2n) is 7.60. The third kappa shape index (κ3) is 4.99. The van der Waals surface area contributed by atoms with Crippen molar-refractivity contribution in [2.24, 2.45) is 5.92 Å². The van der Waals surface area contributed by atoms with Crippen molar-refractivity contribution in [1.82, 2.24) is 10.2 Å². The number of hydrogen-bond donors (Lipinski definition) is 1. The van der Waals surface area contributed by atoms with E-state index in [0.717, 1.165) is 19.6 Å². The number of amides is 2. The quantitative estimate of drug-likeness (QED) is 0.811. The average molecular weight is 375 g/mol. The Hall–Kier alpha value is -2.12. The van der Waals surface area contributed by atoms with Crippen LogP contribution < -0.4 is 15.0 Å². The number of ether oxygens (including phenoxy) is 2. The summed E-state index contributed by atoms with van der Waals surface area (Å²) in [6.07, 6.45) is -0.618. The summed E-state index contributed by atoms with van der Waals surface area (Å²) in [4.78, 5) is 28.8. The van der Waals surface area contributed by atoms with Gasteiger partial charge in [0.05, 0.1) is 18.4 Å². The molecule has 0 bridgehead atoms. The van der Waals surface area contributed by atoms with Crippen LogP contribution in [0.3, 0.4) is 0 Å². The molecule has 1 aromatic carbocycles. The van der Waals surface area contributed by atoms with E-state index in [4.69, 9.17) is 9.47 Å². The summed E-state index contributed by atoms with van der Waals surface area (Å²) < 4.78 is 11.4. The Balaban J connectivity index is 1.54. The van der Waals surface area contributed by atoms with Gasteiger partial charge in [0, 0.05) is 26.2 Å². The van der Waals surface area contributed by atoms with Gasteiger partial charge in [0.2, 0.25) is 5.91 Å². The van der Waals surface area contributed by atoms with Gasteiger partial charge in [-0.3, -0.25) is 19.4 Å². The Labute approximate surface area is 160 Å². The van der Waals surface area contributed by atoms with Crippen molar-refractivity contribution < 1.29 is 19.1 Å². The summed E-state index contributed by atoms with van der Waals surface area (Å²) >= 11 is 0. The second-order valence-corrected chi connectivity index (χ2v) is 7.60. The molecule has 0 aliphatic carbocycles. The molecular weight excluding hydrogens is 346 g/mol. The molecule has 2 aliphatic rings. The van der Waals surface area contributed by atoms with Crippen molar-refractivity contribution in [1.29, 1.82) is 0 Å². The number of carbonyl (C=O) groups is 2. The molecule has 2 amide bonds. The minimum Gasteiger partial charge on any atom is -0.479 e. The van der Waals surface area contributed by atoms with Crippen LogP contribution in [0.15, 0.2) is 24.3 Å². The van der Waals surface area contributed by atoms with Gasteiger partial charge >= 0.3 is 0 Å². The molecule has 0 saturated carbocycles. The summed E-state index contributed by atoms with van der Waals surface area (Å²) in [5.74, 6) is 0.822. The first-order chi connectivity index (χ1) is 12.9. The molecule has 0 radical (unpaired) electrons. The smallest absolute Gasteiger partial charge is 0.268 e. The van der Waals surface area contributed by atoms with Crippen molar-refractivity contribution in [3.63, 3.8) is 0 Å².